The Labute approximate surface area is 107 Å². The Morgan fingerprint density at radius 3 is 2.88 bits per heavy atom. The molecule has 1 fully saturated rings. The fourth-order valence-electron chi connectivity index (χ4n) is 2.02. The molecule has 0 amide bonds. The zero-order valence-corrected chi connectivity index (χ0v) is 10.8. The molecule has 1 aromatic rings. The molecule has 0 bridgehead atoms. The predicted molar refractivity (Wildman–Crippen MR) is 70.0 cm³/mol. The number of hydrogen-bond acceptors (Lipinski definition) is 3. The van der Waals surface area contributed by atoms with E-state index in [2.05, 4.69) is 5.32 Å². The van der Waals surface area contributed by atoms with E-state index in [9.17, 15) is 0 Å². The molecule has 1 aliphatic heterocycles. The van der Waals surface area contributed by atoms with Crippen LogP contribution in [0.5, 0.6) is 5.75 Å². The second-order valence-corrected chi connectivity index (χ2v) is 4.72. The van der Waals surface area contributed by atoms with Gasteiger partial charge < -0.3 is 14.8 Å². The Morgan fingerprint density at radius 1 is 1.41 bits per heavy atom. The molecule has 0 saturated carbocycles. The number of anilines is 1. The summed E-state index contributed by atoms with van der Waals surface area (Å²) < 4.78 is 10.6. The van der Waals surface area contributed by atoms with Gasteiger partial charge in [0, 0.05) is 24.8 Å². The first-order valence-electron chi connectivity index (χ1n) is 5.95. The summed E-state index contributed by atoms with van der Waals surface area (Å²) in [7, 11) is 1.67. The third kappa shape index (κ3) is 3.51. The molecule has 0 aliphatic carbocycles. The fourth-order valence-corrected chi connectivity index (χ4v) is 2.20. The molecule has 0 aromatic heterocycles. The number of benzene rings is 1. The Kier molecular flexibility index (Phi) is 4.51. The summed E-state index contributed by atoms with van der Waals surface area (Å²) in [6.45, 7) is 2.69. The zero-order valence-electron chi connectivity index (χ0n) is 10.0. The van der Waals surface area contributed by atoms with Gasteiger partial charge in [0.25, 0.3) is 0 Å². The van der Waals surface area contributed by atoms with Gasteiger partial charge in [-0.05, 0) is 37.0 Å². The van der Waals surface area contributed by atoms with Crippen LogP contribution in [0.15, 0.2) is 18.2 Å². The molecular formula is C13H18ClNO2. The van der Waals surface area contributed by atoms with Crippen LogP contribution in [-0.4, -0.2) is 26.9 Å². The molecule has 94 valence electrons. The van der Waals surface area contributed by atoms with E-state index in [1.54, 1.807) is 7.11 Å². The summed E-state index contributed by atoms with van der Waals surface area (Å²) in [5.74, 6) is 1.51. The normalized spacial score (nSPS) is 16.8. The first-order chi connectivity index (χ1) is 8.29. The van der Waals surface area contributed by atoms with E-state index in [1.165, 1.54) is 0 Å². The number of ether oxygens (including phenoxy) is 2. The topological polar surface area (TPSA) is 30.5 Å². The van der Waals surface area contributed by atoms with Gasteiger partial charge in [-0.2, -0.15) is 0 Å². The maximum absolute atomic E-state index is 5.98. The lowest BCUT2D eigenvalue weighted by atomic mass is 10.0. The number of rotatable bonds is 4. The lowest BCUT2D eigenvalue weighted by Crippen LogP contribution is -2.22. The minimum atomic E-state index is 0.674. The minimum Gasteiger partial charge on any atom is -0.495 e. The molecule has 1 aliphatic rings. The van der Waals surface area contributed by atoms with E-state index < -0.39 is 0 Å². The molecule has 0 radical (unpaired) electrons. The first-order valence-corrected chi connectivity index (χ1v) is 6.32. The van der Waals surface area contributed by atoms with E-state index in [1.807, 2.05) is 18.2 Å². The lowest BCUT2D eigenvalue weighted by molar-refractivity contribution is 0.0699. The van der Waals surface area contributed by atoms with Crippen molar-refractivity contribution in [2.45, 2.75) is 12.8 Å². The van der Waals surface area contributed by atoms with Crippen LogP contribution in [-0.2, 0) is 4.74 Å². The minimum absolute atomic E-state index is 0.674. The highest BCUT2D eigenvalue weighted by atomic mass is 35.5. The summed E-state index contributed by atoms with van der Waals surface area (Å²) in [6, 6.07) is 5.62. The van der Waals surface area contributed by atoms with E-state index >= 15 is 0 Å². The highest BCUT2D eigenvalue weighted by Gasteiger charge is 2.14. The quantitative estimate of drug-likeness (QED) is 0.896. The molecule has 0 unspecified atom stereocenters. The van der Waals surface area contributed by atoms with E-state index in [-0.39, 0.29) is 0 Å². The highest BCUT2D eigenvalue weighted by molar-refractivity contribution is 6.30. The van der Waals surface area contributed by atoms with Crippen molar-refractivity contribution in [1.82, 2.24) is 0 Å². The second-order valence-electron chi connectivity index (χ2n) is 4.28. The smallest absolute Gasteiger partial charge is 0.142 e. The van der Waals surface area contributed by atoms with E-state index in [0.29, 0.717) is 5.92 Å². The predicted octanol–water partition coefficient (Wildman–Crippen LogP) is 3.19. The summed E-state index contributed by atoms with van der Waals surface area (Å²) in [4.78, 5) is 0. The third-order valence-electron chi connectivity index (χ3n) is 3.08. The number of methoxy groups -OCH3 is 1. The molecule has 4 heteroatoms. The fraction of sp³-hybridized carbons (Fsp3) is 0.538. The lowest BCUT2D eigenvalue weighted by Gasteiger charge is -2.23. The molecule has 0 spiro atoms. The van der Waals surface area contributed by atoms with Gasteiger partial charge in [0.1, 0.15) is 5.75 Å². The highest BCUT2D eigenvalue weighted by Crippen LogP contribution is 2.28. The second kappa shape index (κ2) is 6.12. The van der Waals surface area contributed by atoms with Crippen molar-refractivity contribution >= 4 is 17.3 Å². The van der Waals surface area contributed by atoms with Crippen molar-refractivity contribution in [1.29, 1.82) is 0 Å². The van der Waals surface area contributed by atoms with E-state index in [4.69, 9.17) is 21.1 Å². The van der Waals surface area contributed by atoms with Gasteiger partial charge in [-0.15, -0.1) is 0 Å². The SMILES string of the molecule is COc1ccc(Cl)cc1NCC1CCOCC1. The molecule has 2 rings (SSSR count). The molecular weight excluding hydrogens is 238 g/mol. The van der Waals surface area contributed by atoms with Crippen molar-refractivity contribution in [2.75, 3.05) is 32.2 Å². The Morgan fingerprint density at radius 2 is 2.18 bits per heavy atom. The standard InChI is InChI=1S/C13H18ClNO2/c1-16-13-3-2-11(14)8-12(13)15-9-10-4-6-17-7-5-10/h2-3,8,10,15H,4-7,9H2,1H3. The largest absolute Gasteiger partial charge is 0.495 e. The third-order valence-corrected chi connectivity index (χ3v) is 3.32. The Balaban J connectivity index is 1.95. The molecule has 1 aromatic carbocycles. The van der Waals surface area contributed by atoms with Gasteiger partial charge in [-0.25, -0.2) is 0 Å². The van der Waals surface area contributed by atoms with Crippen LogP contribution < -0.4 is 10.1 Å². The maximum Gasteiger partial charge on any atom is 0.142 e. The van der Waals surface area contributed by atoms with Gasteiger partial charge in [-0.3, -0.25) is 0 Å². The van der Waals surface area contributed by atoms with Crippen LogP contribution in [0.1, 0.15) is 12.8 Å². The van der Waals surface area contributed by atoms with Crippen molar-refractivity contribution in [3.63, 3.8) is 0 Å². The van der Waals surface area contributed by atoms with Gasteiger partial charge >= 0.3 is 0 Å². The summed E-state index contributed by atoms with van der Waals surface area (Å²) in [5, 5.41) is 4.13. The van der Waals surface area contributed by atoms with Gasteiger partial charge in [0.05, 0.1) is 12.8 Å². The molecule has 1 heterocycles. The van der Waals surface area contributed by atoms with Crippen LogP contribution >= 0.6 is 11.6 Å². The average Bonchev–Trinajstić information content (AvgIpc) is 2.38. The van der Waals surface area contributed by atoms with Crippen LogP contribution in [0.4, 0.5) is 5.69 Å². The van der Waals surface area contributed by atoms with Gasteiger partial charge in [-0.1, -0.05) is 11.6 Å². The van der Waals surface area contributed by atoms with Gasteiger partial charge in [0.15, 0.2) is 0 Å². The molecule has 17 heavy (non-hydrogen) atoms. The van der Waals surface area contributed by atoms with Crippen molar-refractivity contribution in [2.24, 2.45) is 5.92 Å². The average molecular weight is 256 g/mol. The summed E-state index contributed by atoms with van der Waals surface area (Å²) >= 11 is 5.98. The van der Waals surface area contributed by atoms with E-state index in [0.717, 1.165) is 49.1 Å². The van der Waals surface area contributed by atoms with Gasteiger partial charge in [0.2, 0.25) is 0 Å². The summed E-state index contributed by atoms with van der Waals surface area (Å²) in [5.41, 5.74) is 0.964. The Bertz CT molecular complexity index is 364. The van der Waals surface area contributed by atoms with Crippen molar-refractivity contribution in [3.05, 3.63) is 23.2 Å². The van der Waals surface area contributed by atoms with Crippen molar-refractivity contribution < 1.29 is 9.47 Å². The molecule has 0 atom stereocenters. The molecule has 3 nitrogen and oxygen atoms in total. The van der Waals surface area contributed by atoms with Crippen LogP contribution in [0.2, 0.25) is 5.02 Å². The maximum atomic E-state index is 5.98. The monoisotopic (exact) mass is 255 g/mol. The number of hydrogen-bond donors (Lipinski definition) is 1. The molecule has 1 saturated heterocycles. The first kappa shape index (κ1) is 12.5. The van der Waals surface area contributed by atoms with Crippen LogP contribution in [0.25, 0.3) is 0 Å². The zero-order chi connectivity index (χ0) is 12.1. The van der Waals surface area contributed by atoms with Crippen molar-refractivity contribution in [3.8, 4) is 5.75 Å². The van der Waals surface area contributed by atoms with Crippen LogP contribution in [0, 0.1) is 5.92 Å². The Hall–Kier alpha value is -0.930. The summed E-state index contributed by atoms with van der Waals surface area (Å²) in [6.07, 6.45) is 2.24. The molecule has 1 N–H and O–H groups in total. The van der Waals surface area contributed by atoms with Crippen LogP contribution in [0.3, 0.4) is 0 Å². The number of halogens is 1. The number of nitrogens with one attached hydrogen (secondary N) is 1.